The van der Waals surface area contributed by atoms with Crippen LogP contribution in [0.5, 0.6) is 0 Å². The Kier molecular flexibility index (Phi) is 3.34. The highest BCUT2D eigenvalue weighted by molar-refractivity contribution is 6.06. The first kappa shape index (κ1) is 12.8. The predicted molar refractivity (Wildman–Crippen MR) is 89.5 cm³/mol. The molecular weight excluding hydrogens is 254 g/mol. The Morgan fingerprint density at radius 1 is 0.762 bits per heavy atom. The van der Waals surface area contributed by atoms with Gasteiger partial charge in [0, 0.05) is 16.5 Å². The highest BCUT2D eigenvalue weighted by atomic mass is 14.7. The van der Waals surface area contributed by atoms with Crippen molar-refractivity contribution in [2.75, 3.05) is 0 Å². The van der Waals surface area contributed by atoms with Crippen molar-refractivity contribution in [2.45, 2.75) is 38.5 Å². The van der Waals surface area contributed by atoms with Crippen molar-refractivity contribution >= 4 is 21.7 Å². The molecule has 1 aromatic heterocycles. The highest BCUT2D eigenvalue weighted by Crippen LogP contribution is 2.31. The van der Waals surface area contributed by atoms with Crippen molar-refractivity contribution in [3.8, 4) is 0 Å². The average Bonchev–Trinajstić information content (AvgIpc) is 2.56. The molecule has 1 heteroatoms. The van der Waals surface area contributed by atoms with Gasteiger partial charge in [-0.25, -0.2) is 0 Å². The molecule has 1 heterocycles. The minimum absolute atomic E-state index is 0.829. The summed E-state index contributed by atoms with van der Waals surface area (Å²) in [5, 5.41) is 3.98. The molecule has 0 spiro atoms. The molecule has 0 radical (unpaired) electrons. The van der Waals surface area contributed by atoms with Crippen LogP contribution in [0.15, 0.2) is 48.5 Å². The maximum absolute atomic E-state index is 5.00. The van der Waals surface area contributed by atoms with Gasteiger partial charge in [0.1, 0.15) is 0 Å². The van der Waals surface area contributed by atoms with E-state index in [1.165, 1.54) is 54.0 Å². The highest BCUT2D eigenvalue weighted by Gasteiger charge is 2.16. The number of para-hydroxylation sites is 1. The fraction of sp³-hybridized carbons (Fsp3) is 0.350. The van der Waals surface area contributed by atoms with E-state index in [9.17, 15) is 0 Å². The van der Waals surface area contributed by atoms with Crippen LogP contribution in [0.4, 0.5) is 0 Å². The summed E-state index contributed by atoms with van der Waals surface area (Å²) in [5.41, 5.74) is 2.44. The molecule has 21 heavy (non-hydrogen) atoms. The lowest BCUT2D eigenvalue weighted by Crippen LogP contribution is -2.10. The van der Waals surface area contributed by atoms with Crippen molar-refractivity contribution in [3.05, 3.63) is 54.2 Å². The number of hydrogen-bond acceptors (Lipinski definition) is 1. The number of hydrogen-bond donors (Lipinski definition) is 0. The van der Waals surface area contributed by atoms with Crippen molar-refractivity contribution in [1.82, 2.24) is 4.98 Å². The third-order valence-electron chi connectivity index (χ3n) is 4.89. The molecule has 1 nitrogen and oxygen atoms in total. The molecule has 3 aromatic rings. The molecule has 2 aromatic carbocycles. The van der Waals surface area contributed by atoms with Crippen LogP contribution in [0.3, 0.4) is 0 Å². The van der Waals surface area contributed by atoms with Crippen LogP contribution in [-0.4, -0.2) is 4.98 Å². The SMILES string of the molecule is c1ccc2c(c1)nc(CC1CCCCC1)c1ccccc12. The third kappa shape index (κ3) is 2.42. The van der Waals surface area contributed by atoms with E-state index in [-0.39, 0.29) is 0 Å². The van der Waals surface area contributed by atoms with Crippen LogP contribution in [0, 0.1) is 5.92 Å². The predicted octanol–water partition coefficient (Wildman–Crippen LogP) is 5.51. The molecular formula is C20H21N. The summed E-state index contributed by atoms with van der Waals surface area (Å²) in [5.74, 6) is 0.829. The minimum Gasteiger partial charge on any atom is -0.252 e. The molecule has 106 valence electrons. The number of pyridine rings is 1. The van der Waals surface area contributed by atoms with Gasteiger partial charge in [-0.1, -0.05) is 74.6 Å². The summed E-state index contributed by atoms with van der Waals surface area (Å²) < 4.78 is 0. The van der Waals surface area contributed by atoms with Crippen LogP contribution in [0.2, 0.25) is 0 Å². The van der Waals surface area contributed by atoms with Gasteiger partial charge in [-0.05, 0) is 23.8 Å². The number of aromatic nitrogens is 1. The van der Waals surface area contributed by atoms with Gasteiger partial charge in [0.25, 0.3) is 0 Å². The first-order valence-electron chi connectivity index (χ1n) is 8.18. The quantitative estimate of drug-likeness (QED) is 0.562. The lowest BCUT2D eigenvalue weighted by Gasteiger charge is -2.22. The molecule has 0 amide bonds. The van der Waals surface area contributed by atoms with E-state index in [1.807, 2.05) is 0 Å². The topological polar surface area (TPSA) is 12.9 Å². The molecule has 1 saturated carbocycles. The monoisotopic (exact) mass is 275 g/mol. The first-order valence-corrected chi connectivity index (χ1v) is 8.18. The van der Waals surface area contributed by atoms with Crippen LogP contribution >= 0.6 is 0 Å². The van der Waals surface area contributed by atoms with Gasteiger partial charge in [0.05, 0.1) is 5.52 Å². The zero-order valence-corrected chi connectivity index (χ0v) is 12.4. The Balaban J connectivity index is 1.85. The van der Waals surface area contributed by atoms with Gasteiger partial charge in [-0.3, -0.25) is 4.98 Å². The normalized spacial score (nSPS) is 16.6. The third-order valence-corrected chi connectivity index (χ3v) is 4.89. The van der Waals surface area contributed by atoms with Crippen molar-refractivity contribution in [1.29, 1.82) is 0 Å². The maximum Gasteiger partial charge on any atom is 0.0711 e. The van der Waals surface area contributed by atoms with E-state index < -0.39 is 0 Å². The smallest absolute Gasteiger partial charge is 0.0711 e. The Labute approximate surface area is 126 Å². The second kappa shape index (κ2) is 5.48. The molecule has 0 saturated heterocycles. The largest absolute Gasteiger partial charge is 0.252 e. The van der Waals surface area contributed by atoms with Gasteiger partial charge in [-0.15, -0.1) is 0 Å². The van der Waals surface area contributed by atoms with Gasteiger partial charge >= 0.3 is 0 Å². The zero-order valence-electron chi connectivity index (χ0n) is 12.4. The van der Waals surface area contributed by atoms with E-state index in [4.69, 9.17) is 4.98 Å². The van der Waals surface area contributed by atoms with E-state index in [0.717, 1.165) is 17.9 Å². The van der Waals surface area contributed by atoms with E-state index in [1.54, 1.807) is 0 Å². The molecule has 0 aliphatic heterocycles. The maximum atomic E-state index is 5.00. The molecule has 0 N–H and O–H groups in total. The van der Waals surface area contributed by atoms with E-state index in [2.05, 4.69) is 48.5 Å². The van der Waals surface area contributed by atoms with E-state index in [0.29, 0.717) is 0 Å². The van der Waals surface area contributed by atoms with Gasteiger partial charge in [-0.2, -0.15) is 0 Å². The lowest BCUT2D eigenvalue weighted by atomic mass is 9.85. The van der Waals surface area contributed by atoms with Crippen molar-refractivity contribution in [3.63, 3.8) is 0 Å². The molecule has 1 aliphatic carbocycles. The number of nitrogens with zero attached hydrogens (tertiary/aromatic N) is 1. The number of benzene rings is 2. The Hall–Kier alpha value is -1.89. The van der Waals surface area contributed by atoms with Gasteiger partial charge in [0.15, 0.2) is 0 Å². The Morgan fingerprint density at radius 2 is 1.43 bits per heavy atom. The summed E-state index contributed by atoms with van der Waals surface area (Å²) in [6, 6.07) is 17.3. The molecule has 1 fully saturated rings. The second-order valence-electron chi connectivity index (χ2n) is 6.33. The summed E-state index contributed by atoms with van der Waals surface area (Å²) in [4.78, 5) is 5.00. The van der Waals surface area contributed by atoms with Crippen LogP contribution in [0.25, 0.3) is 21.7 Å². The molecule has 0 atom stereocenters. The number of rotatable bonds is 2. The summed E-state index contributed by atoms with van der Waals surface area (Å²) in [6.07, 6.45) is 8.12. The van der Waals surface area contributed by atoms with Crippen molar-refractivity contribution in [2.24, 2.45) is 5.92 Å². The number of fused-ring (bicyclic) bond motifs is 3. The zero-order chi connectivity index (χ0) is 14.1. The minimum atomic E-state index is 0.829. The standard InChI is InChI=1S/C20H21N/c1-2-8-15(9-3-1)14-20-18-12-5-4-10-16(18)17-11-6-7-13-19(17)21-20/h4-7,10-13,15H,1-3,8-9,14H2. The Morgan fingerprint density at radius 3 is 2.24 bits per heavy atom. The second-order valence-corrected chi connectivity index (χ2v) is 6.33. The van der Waals surface area contributed by atoms with Gasteiger partial charge in [0.2, 0.25) is 0 Å². The molecule has 0 unspecified atom stereocenters. The fourth-order valence-corrected chi connectivity index (χ4v) is 3.79. The molecule has 1 aliphatic rings. The molecule has 4 rings (SSSR count). The molecule has 0 bridgehead atoms. The van der Waals surface area contributed by atoms with Crippen LogP contribution in [-0.2, 0) is 6.42 Å². The lowest BCUT2D eigenvalue weighted by molar-refractivity contribution is 0.355. The Bertz CT molecular complexity index is 769. The average molecular weight is 275 g/mol. The fourth-order valence-electron chi connectivity index (χ4n) is 3.79. The van der Waals surface area contributed by atoms with Crippen LogP contribution in [0.1, 0.15) is 37.8 Å². The van der Waals surface area contributed by atoms with E-state index >= 15 is 0 Å². The van der Waals surface area contributed by atoms with Crippen LogP contribution < -0.4 is 0 Å². The van der Waals surface area contributed by atoms with Gasteiger partial charge < -0.3 is 0 Å². The van der Waals surface area contributed by atoms with Crippen molar-refractivity contribution < 1.29 is 0 Å². The summed E-state index contributed by atoms with van der Waals surface area (Å²) >= 11 is 0. The summed E-state index contributed by atoms with van der Waals surface area (Å²) in [7, 11) is 0. The summed E-state index contributed by atoms with van der Waals surface area (Å²) in [6.45, 7) is 0. The first-order chi connectivity index (χ1) is 10.4.